The first kappa shape index (κ1) is 11.8. The summed E-state index contributed by atoms with van der Waals surface area (Å²) in [6, 6.07) is 5.88. The van der Waals surface area contributed by atoms with Gasteiger partial charge in [0.05, 0.1) is 25.6 Å². The third-order valence-electron chi connectivity index (χ3n) is 2.91. The minimum Gasteiger partial charge on any atom is -0.496 e. The summed E-state index contributed by atoms with van der Waals surface area (Å²) in [7, 11) is 5.17. The van der Waals surface area contributed by atoms with Gasteiger partial charge >= 0.3 is 0 Å². The Morgan fingerprint density at radius 1 is 1.18 bits per heavy atom. The SMILES string of the molecule is CNC(C)c1cc2c(OC)cc(OC)cc2o1. The van der Waals surface area contributed by atoms with Gasteiger partial charge in [0.1, 0.15) is 22.8 Å². The lowest BCUT2D eigenvalue weighted by Crippen LogP contribution is -2.10. The van der Waals surface area contributed by atoms with E-state index in [0.29, 0.717) is 0 Å². The fourth-order valence-electron chi connectivity index (χ4n) is 1.74. The molecule has 0 aliphatic rings. The van der Waals surface area contributed by atoms with Crippen LogP contribution in [0.3, 0.4) is 0 Å². The summed E-state index contributed by atoms with van der Waals surface area (Å²) in [5.41, 5.74) is 0.776. The molecule has 0 saturated heterocycles. The van der Waals surface area contributed by atoms with Crippen molar-refractivity contribution in [2.75, 3.05) is 21.3 Å². The number of methoxy groups -OCH3 is 2. The molecule has 4 nitrogen and oxygen atoms in total. The molecule has 1 atom stereocenters. The summed E-state index contributed by atoms with van der Waals surface area (Å²) < 4.78 is 16.3. The number of fused-ring (bicyclic) bond motifs is 1. The zero-order valence-electron chi connectivity index (χ0n) is 10.5. The maximum Gasteiger partial charge on any atom is 0.141 e. The smallest absolute Gasteiger partial charge is 0.141 e. The monoisotopic (exact) mass is 235 g/mol. The van der Waals surface area contributed by atoms with E-state index >= 15 is 0 Å². The fourth-order valence-corrected chi connectivity index (χ4v) is 1.74. The van der Waals surface area contributed by atoms with Crippen LogP contribution in [0.1, 0.15) is 18.7 Å². The number of rotatable bonds is 4. The first-order valence-corrected chi connectivity index (χ1v) is 5.52. The molecule has 0 aliphatic carbocycles. The van der Waals surface area contributed by atoms with E-state index in [-0.39, 0.29) is 6.04 Å². The van der Waals surface area contributed by atoms with E-state index in [1.807, 2.05) is 32.2 Å². The Labute approximate surface area is 101 Å². The summed E-state index contributed by atoms with van der Waals surface area (Å²) in [5, 5.41) is 4.11. The van der Waals surface area contributed by atoms with Gasteiger partial charge in [0.25, 0.3) is 0 Å². The van der Waals surface area contributed by atoms with E-state index in [1.54, 1.807) is 14.2 Å². The van der Waals surface area contributed by atoms with Gasteiger partial charge in [-0.3, -0.25) is 0 Å². The van der Waals surface area contributed by atoms with E-state index in [4.69, 9.17) is 13.9 Å². The van der Waals surface area contributed by atoms with Crippen molar-refractivity contribution in [2.24, 2.45) is 0 Å². The predicted molar refractivity (Wildman–Crippen MR) is 66.8 cm³/mol. The maximum absolute atomic E-state index is 5.78. The van der Waals surface area contributed by atoms with E-state index in [0.717, 1.165) is 28.2 Å². The molecular weight excluding hydrogens is 218 g/mol. The summed E-state index contributed by atoms with van der Waals surface area (Å²) in [6.07, 6.45) is 0. The lowest BCUT2D eigenvalue weighted by molar-refractivity contribution is 0.396. The summed E-state index contributed by atoms with van der Waals surface area (Å²) in [5.74, 6) is 2.37. The average molecular weight is 235 g/mol. The minimum atomic E-state index is 0.165. The van der Waals surface area contributed by atoms with Crippen LogP contribution in [0.15, 0.2) is 22.6 Å². The molecule has 1 heterocycles. The number of ether oxygens (including phenoxy) is 2. The predicted octanol–water partition coefficient (Wildman–Crippen LogP) is 2.73. The van der Waals surface area contributed by atoms with Gasteiger partial charge < -0.3 is 19.2 Å². The first-order chi connectivity index (χ1) is 8.19. The molecule has 2 rings (SSSR count). The molecule has 0 saturated carbocycles. The second-order valence-corrected chi connectivity index (χ2v) is 3.90. The molecule has 0 bridgehead atoms. The summed E-state index contributed by atoms with van der Waals surface area (Å²) >= 11 is 0. The molecule has 1 N–H and O–H groups in total. The number of hydrogen-bond acceptors (Lipinski definition) is 4. The largest absolute Gasteiger partial charge is 0.496 e. The van der Waals surface area contributed by atoms with Crippen LogP contribution in [0.25, 0.3) is 11.0 Å². The van der Waals surface area contributed by atoms with Gasteiger partial charge in [-0.25, -0.2) is 0 Å². The molecule has 17 heavy (non-hydrogen) atoms. The van der Waals surface area contributed by atoms with Crippen LogP contribution in [0.5, 0.6) is 11.5 Å². The van der Waals surface area contributed by atoms with Gasteiger partial charge in [0.15, 0.2) is 0 Å². The van der Waals surface area contributed by atoms with Gasteiger partial charge in [-0.05, 0) is 20.0 Å². The molecule has 92 valence electrons. The highest BCUT2D eigenvalue weighted by molar-refractivity contribution is 5.86. The topological polar surface area (TPSA) is 43.6 Å². The zero-order chi connectivity index (χ0) is 12.4. The van der Waals surface area contributed by atoms with Crippen molar-refractivity contribution in [3.63, 3.8) is 0 Å². The number of furan rings is 1. The van der Waals surface area contributed by atoms with E-state index in [1.165, 1.54) is 0 Å². The molecular formula is C13H17NO3. The molecule has 2 aromatic rings. The van der Waals surface area contributed by atoms with Crippen molar-refractivity contribution in [2.45, 2.75) is 13.0 Å². The van der Waals surface area contributed by atoms with Gasteiger partial charge in [-0.2, -0.15) is 0 Å². The molecule has 0 aliphatic heterocycles. The van der Waals surface area contributed by atoms with Crippen LogP contribution in [0.2, 0.25) is 0 Å². The van der Waals surface area contributed by atoms with Gasteiger partial charge in [-0.15, -0.1) is 0 Å². The highest BCUT2D eigenvalue weighted by atomic mass is 16.5. The van der Waals surface area contributed by atoms with Crippen LogP contribution >= 0.6 is 0 Å². The standard InChI is InChI=1S/C13H17NO3/c1-8(14-2)11-7-10-12(16-4)5-9(15-3)6-13(10)17-11/h5-8,14H,1-4H3. The maximum atomic E-state index is 5.78. The van der Waals surface area contributed by atoms with E-state index in [9.17, 15) is 0 Å². The molecule has 0 spiro atoms. The van der Waals surface area contributed by atoms with Crippen LogP contribution in [0, 0.1) is 0 Å². The average Bonchev–Trinajstić information content (AvgIpc) is 2.80. The van der Waals surface area contributed by atoms with Crippen molar-refractivity contribution in [1.82, 2.24) is 5.32 Å². The third kappa shape index (κ3) is 2.08. The van der Waals surface area contributed by atoms with Crippen molar-refractivity contribution >= 4 is 11.0 Å². The second-order valence-electron chi connectivity index (χ2n) is 3.90. The fraction of sp³-hybridized carbons (Fsp3) is 0.385. The van der Waals surface area contributed by atoms with Gasteiger partial charge in [0, 0.05) is 12.1 Å². The van der Waals surface area contributed by atoms with E-state index < -0.39 is 0 Å². The number of hydrogen-bond donors (Lipinski definition) is 1. The van der Waals surface area contributed by atoms with Crippen LogP contribution in [0.4, 0.5) is 0 Å². The second kappa shape index (κ2) is 4.67. The van der Waals surface area contributed by atoms with Gasteiger partial charge in [0.2, 0.25) is 0 Å². The number of nitrogens with one attached hydrogen (secondary N) is 1. The first-order valence-electron chi connectivity index (χ1n) is 5.52. The molecule has 0 amide bonds. The third-order valence-corrected chi connectivity index (χ3v) is 2.91. The Hall–Kier alpha value is -1.68. The van der Waals surface area contributed by atoms with E-state index in [2.05, 4.69) is 5.32 Å². The molecule has 1 aromatic heterocycles. The molecule has 0 radical (unpaired) electrons. The Bertz CT molecular complexity index is 519. The normalized spacial score (nSPS) is 12.7. The van der Waals surface area contributed by atoms with Crippen molar-refractivity contribution in [3.8, 4) is 11.5 Å². The van der Waals surface area contributed by atoms with Gasteiger partial charge in [-0.1, -0.05) is 0 Å². The molecule has 1 aromatic carbocycles. The van der Waals surface area contributed by atoms with Crippen molar-refractivity contribution in [1.29, 1.82) is 0 Å². The van der Waals surface area contributed by atoms with Crippen LogP contribution in [-0.2, 0) is 0 Å². The Morgan fingerprint density at radius 2 is 1.94 bits per heavy atom. The highest BCUT2D eigenvalue weighted by Gasteiger charge is 2.14. The highest BCUT2D eigenvalue weighted by Crippen LogP contribution is 2.34. The molecule has 1 unspecified atom stereocenters. The Morgan fingerprint density at radius 3 is 2.53 bits per heavy atom. The quantitative estimate of drug-likeness (QED) is 0.885. The van der Waals surface area contributed by atoms with Crippen LogP contribution < -0.4 is 14.8 Å². The lowest BCUT2D eigenvalue weighted by atomic mass is 10.2. The minimum absolute atomic E-state index is 0.165. The molecule has 4 heteroatoms. The Balaban J connectivity index is 2.58. The number of benzene rings is 1. The summed E-state index contributed by atoms with van der Waals surface area (Å²) in [4.78, 5) is 0. The zero-order valence-corrected chi connectivity index (χ0v) is 10.5. The Kier molecular flexibility index (Phi) is 3.24. The van der Waals surface area contributed by atoms with Crippen molar-refractivity contribution < 1.29 is 13.9 Å². The van der Waals surface area contributed by atoms with Crippen LogP contribution in [-0.4, -0.2) is 21.3 Å². The summed E-state index contributed by atoms with van der Waals surface area (Å²) in [6.45, 7) is 2.04. The van der Waals surface area contributed by atoms with Crippen molar-refractivity contribution in [3.05, 3.63) is 24.0 Å². The molecule has 0 fully saturated rings. The lowest BCUT2D eigenvalue weighted by Gasteiger charge is -2.04.